The molecule has 0 bridgehead atoms. The van der Waals surface area contributed by atoms with E-state index in [4.69, 9.17) is 4.74 Å². The molecular formula is C5H15NO2. The molecule has 1 unspecified atom stereocenters. The molecule has 0 amide bonds. The maximum atomic E-state index is 5.15. The van der Waals surface area contributed by atoms with Crippen molar-refractivity contribution in [3.05, 3.63) is 0 Å². The third-order valence-electron chi connectivity index (χ3n) is 1.16. The Morgan fingerprint density at radius 1 is 1.50 bits per heavy atom. The highest BCUT2D eigenvalue weighted by molar-refractivity contribution is 4.56. The van der Waals surface area contributed by atoms with Crippen molar-refractivity contribution >= 4 is 0 Å². The van der Waals surface area contributed by atoms with Crippen LogP contribution in [0, 0.1) is 0 Å². The second-order valence-electron chi connectivity index (χ2n) is 1.82. The van der Waals surface area contributed by atoms with Crippen molar-refractivity contribution < 1.29 is 10.2 Å². The summed E-state index contributed by atoms with van der Waals surface area (Å²) in [7, 11) is 0. The van der Waals surface area contributed by atoms with Crippen molar-refractivity contribution in [3.63, 3.8) is 0 Å². The molecule has 1 atom stereocenters. The van der Waals surface area contributed by atoms with Gasteiger partial charge in [0, 0.05) is 6.61 Å². The van der Waals surface area contributed by atoms with Crippen LogP contribution in [0.5, 0.6) is 0 Å². The molecule has 8 heavy (non-hydrogen) atoms. The zero-order valence-electron chi connectivity index (χ0n) is 5.31. The number of hydrogen-bond acceptors (Lipinski definition) is 2. The third kappa shape index (κ3) is 2.96. The van der Waals surface area contributed by atoms with Crippen molar-refractivity contribution in [2.24, 2.45) is 0 Å². The summed E-state index contributed by atoms with van der Waals surface area (Å²) in [6.45, 7) is 3.11. The lowest BCUT2D eigenvalue weighted by atomic mass is 10.3. The zero-order valence-corrected chi connectivity index (χ0v) is 5.31. The molecule has 1 aliphatic heterocycles. The number of rotatable bonds is 0. The molecule has 1 heterocycles. The molecule has 1 aliphatic rings. The van der Waals surface area contributed by atoms with Crippen LogP contribution in [0.4, 0.5) is 0 Å². The van der Waals surface area contributed by atoms with Gasteiger partial charge in [0.1, 0.15) is 0 Å². The molecule has 1 saturated heterocycles. The Kier molecular flexibility index (Phi) is 6.78. The summed E-state index contributed by atoms with van der Waals surface area (Å²) in [5, 5.41) is 0. The molecule has 0 saturated carbocycles. The molecule has 1 fully saturated rings. The van der Waals surface area contributed by atoms with Gasteiger partial charge in [-0.2, -0.15) is 0 Å². The molecular weight excluding hydrogens is 106 g/mol. The Hall–Kier alpha value is -0.120. The quantitative estimate of drug-likeness (QED) is 0.507. The Labute approximate surface area is 49.9 Å². The van der Waals surface area contributed by atoms with E-state index < -0.39 is 0 Å². The van der Waals surface area contributed by atoms with Gasteiger partial charge in [0.15, 0.2) is 0 Å². The van der Waals surface area contributed by atoms with E-state index in [1.165, 1.54) is 12.8 Å². The molecule has 0 aromatic heterocycles. The summed E-state index contributed by atoms with van der Waals surface area (Å²) in [5.41, 5.74) is 0. The first-order valence-electron chi connectivity index (χ1n) is 2.51. The van der Waals surface area contributed by atoms with Crippen LogP contribution >= 0.6 is 0 Å². The average molecular weight is 121 g/mol. The highest BCUT2D eigenvalue weighted by Crippen LogP contribution is 2.09. The summed E-state index contributed by atoms with van der Waals surface area (Å²) in [4.78, 5) is 0. The fourth-order valence-electron chi connectivity index (χ4n) is 0.739. The van der Waals surface area contributed by atoms with Gasteiger partial charge >= 0.3 is 0 Å². The van der Waals surface area contributed by atoms with Gasteiger partial charge in [-0.25, -0.2) is 0 Å². The van der Waals surface area contributed by atoms with Crippen molar-refractivity contribution in [1.29, 1.82) is 0 Å². The lowest BCUT2D eigenvalue weighted by molar-refractivity contribution is 0.125. The monoisotopic (exact) mass is 121 g/mol. The minimum Gasteiger partial charge on any atom is -0.412 e. The van der Waals surface area contributed by atoms with Gasteiger partial charge in [-0.3, -0.25) is 0 Å². The topological polar surface area (TPSA) is 75.7 Å². The third-order valence-corrected chi connectivity index (χ3v) is 1.16. The van der Waals surface area contributed by atoms with Gasteiger partial charge in [0.2, 0.25) is 0 Å². The van der Waals surface area contributed by atoms with Gasteiger partial charge < -0.3 is 16.4 Å². The van der Waals surface area contributed by atoms with E-state index in [1.807, 2.05) is 0 Å². The average Bonchev–Trinajstić information content (AvgIpc) is 1.86. The summed E-state index contributed by atoms with van der Waals surface area (Å²) in [6, 6.07) is 0. The SMILES string of the molecule is CC1CCCO1.N.O. The molecule has 5 N–H and O–H groups in total. The second kappa shape index (κ2) is 5.03. The van der Waals surface area contributed by atoms with Crippen LogP contribution < -0.4 is 6.15 Å². The summed E-state index contributed by atoms with van der Waals surface area (Å²) >= 11 is 0. The van der Waals surface area contributed by atoms with Crippen LogP contribution in [0.2, 0.25) is 0 Å². The van der Waals surface area contributed by atoms with E-state index in [2.05, 4.69) is 6.92 Å². The van der Waals surface area contributed by atoms with Crippen molar-refractivity contribution in [1.82, 2.24) is 6.15 Å². The predicted octanol–water partition coefficient (Wildman–Crippen LogP) is 0.523. The Morgan fingerprint density at radius 2 is 2.12 bits per heavy atom. The summed E-state index contributed by atoms with van der Waals surface area (Å²) in [5.74, 6) is 0. The normalized spacial score (nSPS) is 25.9. The number of ether oxygens (including phenoxy) is 1. The van der Waals surface area contributed by atoms with Gasteiger partial charge in [0.05, 0.1) is 6.10 Å². The van der Waals surface area contributed by atoms with Gasteiger partial charge in [-0.15, -0.1) is 0 Å². The summed E-state index contributed by atoms with van der Waals surface area (Å²) in [6.07, 6.45) is 3.08. The molecule has 52 valence electrons. The molecule has 0 aromatic carbocycles. The molecule has 0 aliphatic carbocycles. The highest BCUT2D eigenvalue weighted by atomic mass is 16.5. The van der Waals surface area contributed by atoms with Gasteiger partial charge in [-0.05, 0) is 19.8 Å². The Balaban J connectivity index is 0. The molecule has 3 heteroatoms. The minimum atomic E-state index is 0. The lowest BCUT2D eigenvalue weighted by Crippen LogP contribution is -1.94. The molecule has 3 nitrogen and oxygen atoms in total. The smallest absolute Gasteiger partial charge is 0.0547 e. The Morgan fingerprint density at radius 3 is 2.25 bits per heavy atom. The largest absolute Gasteiger partial charge is 0.412 e. The maximum Gasteiger partial charge on any atom is 0.0547 e. The lowest BCUT2D eigenvalue weighted by Gasteiger charge is -1.94. The number of hydrogen-bond donors (Lipinski definition) is 1. The van der Waals surface area contributed by atoms with Crippen LogP contribution in [0.25, 0.3) is 0 Å². The predicted molar refractivity (Wildman–Crippen MR) is 33.3 cm³/mol. The van der Waals surface area contributed by atoms with E-state index in [-0.39, 0.29) is 11.6 Å². The molecule has 1 rings (SSSR count). The van der Waals surface area contributed by atoms with Crippen molar-refractivity contribution in [2.75, 3.05) is 6.61 Å². The van der Waals surface area contributed by atoms with Gasteiger partial charge in [-0.1, -0.05) is 0 Å². The van der Waals surface area contributed by atoms with Crippen LogP contribution in [-0.4, -0.2) is 18.2 Å². The molecule has 0 aromatic rings. The first-order chi connectivity index (χ1) is 2.89. The van der Waals surface area contributed by atoms with E-state index in [9.17, 15) is 0 Å². The fraction of sp³-hybridized carbons (Fsp3) is 1.00. The zero-order chi connectivity index (χ0) is 4.41. The van der Waals surface area contributed by atoms with Gasteiger partial charge in [0.25, 0.3) is 0 Å². The van der Waals surface area contributed by atoms with Crippen molar-refractivity contribution in [3.8, 4) is 0 Å². The fourth-order valence-corrected chi connectivity index (χ4v) is 0.739. The van der Waals surface area contributed by atoms with E-state index in [1.54, 1.807) is 0 Å². The van der Waals surface area contributed by atoms with E-state index >= 15 is 0 Å². The molecule has 0 spiro atoms. The van der Waals surface area contributed by atoms with Crippen molar-refractivity contribution in [2.45, 2.75) is 25.9 Å². The Bertz CT molecular complexity index is 43.7. The van der Waals surface area contributed by atoms with E-state index in [0.717, 1.165) is 6.61 Å². The summed E-state index contributed by atoms with van der Waals surface area (Å²) < 4.78 is 5.15. The van der Waals surface area contributed by atoms with Crippen LogP contribution in [0.1, 0.15) is 19.8 Å². The van der Waals surface area contributed by atoms with Crippen LogP contribution in [0.15, 0.2) is 0 Å². The minimum absolute atomic E-state index is 0. The van der Waals surface area contributed by atoms with Crippen LogP contribution in [-0.2, 0) is 4.74 Å². The van der Waals surface area contributed by atoms with E-state index in [0.29, 0.717) is 6.10 Å². The second-order valence-corrected chi connectivity index (χ2v) is 1.82. The van der Waals surface area contributed by atoms with Crippen LogP contribution in [0.3, 0.4) is 0 Å². The molecule has 0 radical (unpaired) electrons. The first kappa shape index (κ1) is 10.8. The standard InChI is InChI=1S/C5H10O.H3N.H2O/c1-5-3-2-4-6-5;;/h5H,2-4H2,1H3;1H3;1H2. The maximum absolute atomic E-state index is 5.15. The highest BCUT2D eigenvalue weighted by Gasteiger charge is 2.07. The first-order valence-corrected chi connectivity index (χ1v) is 2.51.